The first-order valence-electron chi connectivity index (χ1n) is 3.95. The molecule has 0 aromatic rings. The van der Waals surface area contributed by atoms with E-state index in [1.165, 1.54) is 0 Å². The molecule has 3 nitrogen and oxygen atoms in total. The van der Waals surface area contributed by atoms with Gasteiger partial charge in [-0.05, 0) is 14.0 Å². The van der Waals surface area contributed by atoms with Crippen LogP contribution in [0, 0.1) is 11.8 Å². The summed E-state index contributed by atoms with van der Waals surface area (Å²) in [5.74, 6) is 5.72. The van der Waals surface area contributed by atoms with E-state index >= 15 is 0 Å². The van der Waals surface area contributed by atoms with Crippen molar-refractivity contribution < 1.29 is 9.84 Å². The SMILES string of the molecule is CC#CCN(C)CC(O)COC. The number of hydrogen-bond donors (Lipinski definition) is 1. The molecule has 1 atom stereocenters. The van der Waals surface area contributed by atoms with Crippen LogP contribution in [0.5, 0.6) is 0 Å². The molecule has 3 heteroatoms. The Kier molecular flexibility index (Phi) is 6.78. The average Bonchev–Trinajstić information content (AvgIpc) is 2.01. The van der Waals surface area contributed by atoms with Gasteiger partial charge in [0.1, 0.15) is 0 Å². The van der Waals surface area contributed by atoms with E-state index < -0.39 is 6.10 Å². The Morgan fingerprint density at radius 3 is 2.75 bits per heavy atom. The van der Waals surface area contributed by atoms with Crippen molar-refractivity contribution >= 4 is 0 Å². The molecule has 0 spiro atoms. The lowest BCUT2D eigenvalue weighted by molar-refractivity contribution is 0.0457. The number of methoxy groups -OCH3 is 1. The fraction of sp³-hybridized carbons (Fsp3) is 0.778. The molecule has 0 bridgehead atoms. The molecular formula is C9H17NO2. The first-order valence-corrected chi connectivity index (χ1v) is 3.95. The van der Waals surface area contributed by atoms with E-state index in [9.17, 15) is 5.11 Å². The van der Waals surface area contributed by atoms with Gasteiger partial charge in [0, 0.05) is 13.7 Å². The van der Waals surface area contributed by atoms with Gasteiger partial charge in [0.25, 0.3) is 0 Å². The van der Waals surface area contributed by atoms with Crippen LogP contribution in [0.25, 0.3) is 0 Å². The predicted octanol–water partition coefficient (Wildman–Crippen LogP) is -0.0512. The lowest BCUT2D eigenvalue weighted by atomic mass is 10.3. The Balaban J connectivity index is 3.50. The molecule has 0 heterocycles. The van der Waals surface area contributed by atoms with Crippen molar-refractivity contribution in [3.8, 4) is 11.8 Å². The third kappa shape index (κ3) is 6.17. The minimum absolute atomic E-state index is 0.379. The number of aliphatic hydroxyl groups excluding tert-OH is 1. The first-order chi connectivity index (χ1) is 5.70. The second-order valence-corrected chi connectivity index (χ2v) is 2.73. The summed E-state index contributed by atoms with van der Waals surface area (Å²) in [5.41, 5.74) is 0. The summed E-state index contributed by atoms with van der Waals surface area (Å²) < 4.78 is 4.80. The quantitative estimate of drug-likeness (QED) is 0.589. The second-order valence-electron chi connectivity index (χ2n) is 2.73. The van der Waals surface area contributed by atoms with Gasteiger partial charge in [-0.2, -0.15) is 0 Å². The summed E-state index contributed by atoms with van der Waals surface area (Å²) in [6, 6.07) is 0. The highest BCUT2D eigenvalue weighted by atomic mass is 16.5. The van der Waals surface area contributed by atoms with Crippen molar-refractivity contribution in [3.63, 3.8) is 0 Å². The van der Waals surface area contributed by atoms with Crippen molar-refractivity contribution in [3.05, 3.63) is 0 Å². The Labute approximate surface area is 74.3 Å². The van der Waals surface area contributed by atoms with Crippen molar-refractivity contribution in [1.29, 1.82) is 0 Å². The molecule has 70 valence electrons. The zero-order chi connectivity index (χ0) is 9.40. The predicted molar refractivity (Wildman–Crippen MR) is 48.8 cm³/mol. The highest BCUT2D eigenvalue weighted by Gasteiger charge is 2.05. The summed E-state index contributed by atoms with van der Waals surface area (Å²) in [7, 11) is 3.50. The molecule has 1 N–H and O–H groups in total. The molecule has 0 saturated carbocycles. The molecule has 0 amide bonds. The summed E-state index contributed by atoms with van der Waals surface area (Å²) >= 11 is 0. The Bertz CT molecular complexity index is 160. The molecule has 0 aliphatic rings. The van der Waals surface area contributed by atoms with E-state index in [1.54, 1.807) is 14.0 Å². The molecule has 0 aliphatic heterocycles. The fourth-order valence-electron chi connectivity index (χ4n) is 0.883. The normalized spacial score (nSPS) is 12.4. The van der Waals surface area contributed by atoms with E-state index in [0.717, 1.165) is 0 Å². The van der Waals surface area contributed by atoms with Crippen LogP contribution in [-0.2, 0) is 4.74 Å². The van der Waals surface area contributed by atoms with Gasteiger partial charge in [-0.3, -0.25) is 4.90 Å². The zero-order valence-electron chi connectivity index (χ0n) is 8.00. The molecule has 0 rings (SSSR count). The van der Waals surface area contributed by atoms with E-state index in [0.29, 0.717) is 19.7 Å². The van der Waals surface area contributed by atoms with Gasteiger partial charge in [-0.25, -0.2) is 0 Å². The maximum Gasteiger partial charge on any atom is 0.0900 e. The molecule has 1 unspecified atom stereocenters. The number of likely N-dealkylation sites (N-methyl/N-ethyl adjacent to an activating group) is 1. The molecular weight excluding hydrogens is 154 g/mol. The smallest absolute Gasteiger partial charge is 0.0900 e. The summed E-state index contributed by atoms with van der Waals surface area (Å²) in [6.07, 6.45) is -0.418. The maximum absolute atomic E-state index is 9.30. The minimum Gasteiger partial charge on any atom is -0.389 e. The topological polar surface area (TPSA) is 32.7 Å². The monoisotopic (exact) mass is 171 g/mol. The van der Waals surface area contributed by atoms with Crippen molar-refractivity contribution in [2.24, 2.45) is 0 Å². The number of aliphatic hydroxyl groups is 1. The Morgan fingerprint density at radius 1 is 1.58 bits per heavy atom. The van der Waals surface area contributed by atoms with Gasteiger partial charge in [0.15, 0.2) is 0 Å². The lowest BCUT2D eigenvalue weighted by Gasteiger charge is -2.17. The number of nitrogens with zero attached hydrogens (tertiary/aromatic N) is 1. The van der Waals surface area contributed by atoms with Crippen LogP contribution in [0.2, 0.25) is 0 Å². The highest BCUT2D eigenvalue weighted by Crippen LogP contribution is 1.88. The van der Waals surface area contributed by atoms with Gasteiger partial charge < -0.3 is 9.84 Å². The Morgan fingerprint density at radius 2 is 2.25 bits per heavy atom. The highest BCUT2D eigenvalue weighted by molar-refractivity contribution is 4.97. The van der Waals surface area contributed by atoms with Crippen LogP contribution in [-0.4, -0.2) is 50.0 Å². The van der Waals surface area contributed by atoms with Crippen LogP contribution in [0.1, 0.15) is 6.92 Å². The molecule has 0 aromatic carbocycles. The van der Waals surface area contributed by atoms with Gasteiger partial charge in [0.05, 0.1) is 19.3 Å². The van der Waals surface area contributed by atoms with Gasteiger partial charge in [0.2, 0.25) is 0 Å². The van der Waals surface area contributed by atoms with E-state index in [-0.39, 0.29) is 0 Å². The first kappa shape index (κ1) is 11.4. The number of ether oxygens (including phenoxy) is 1. The van der Waals surface area contributed by atoms with Gasteiger partial charge >= 0.3 is 0 Å². The average molecular weight is 171 g/mol. The van der Waals surface area contributed by atoms with Crippen molar-refractivity contribution in [2.45, 2.75) is 13.0 Å². The van der Waals surface area contributed by atoms with Gasteiger partial charge in [-0.15, -0.1) is 5.92 Å². The second kappa shape index (κ2) is 7.11. The van der Waals surface area contributed by atoms with Gasteiger partial charge in [-0.1, -0.05) is 5.92 Å². The lowest BCUT2D eigenvalue weighted by Crippen LogP contribution is -2.32. The minimum atomic E-state index is -0.418. The maximum atomic E-state index is 9.30. The van der Waals surface area contributed by atoms with E-state index in [2.05, 4.69) is 11.8 Å². The zero-order valence-corrected chi connectivity index (χ0v) is 8.00. The molecule has 0 radical (unpaired) electrons. The molecule has 0 aromatic heterocycles. The summed E-state index contributed by atoms with van der Waals surface area (Å²) in [6.45, 7) is 3.48. The van der Waals surface area contributed by atoms with E-state index in [1.807, 2.05) is 11.9 Å². The molecule has 12 heavy (non-hydrogen) atoms. The standard InChI is InChI=1S/C9H17NO2/c1-4-5-6-10(2)7-9(11)8-12-3/h9,11H,6-8H2,1-3H3. The summed E-state index contributed by atoms with van der Waals surface area (Å²) in [4.78, 5) is 1.96. The third-order valence-corrected chi connectivity index (χ3v) is 1.41. The fourth-order valence-corrected chi connectivity index (χ4v) is 0.883. The third-order valence-electron chi connectivity index (χ3n) is 1.41. The van der Waals surface area contributed by atoms with Crippen molar-refractivity contribution in [1.82, 2.24) is 4.90 Å². The Hall–Kier alpha value is -0.560. The van der Waals surface area contributed by atoms with Crippen molar-refractivity contribution in [2.75, 3.05) is 33.9 Å². The van der Waals surface area contributed by atoms with Crippen LogP contribution in [0.4, 0.5) is 0 Å². The van der Waals surface area contributed by atoms with Crippen LogP contribution >= 0.6 is 0 Å². The number of rotatable bonds is 5. The number of hydrogen-bond acceptors (Lipinski definition) is 3. The largest absolute Gasteiger partial charge is 0.389 e. The van der Waals surface area contributed by atoms with E-state index in [4.69, 9.17) is 4.74 Å². The molecule has 0 fully saturated rings. The van der Waals surface area contributed by atoms with Crippen LogP contribution in [0.15, 0.2) is 0 Å². The van der Waals surface area contributed by atoms with Crippen LogP contribution < -0.4 is 0 Å². The molecule has 0 aliphatic carbocycles. The molecule has 0 saturated heterocycles. The van der Waals surface area contributed by atoms with Crippen LogP contribution in [0.3, 0.4) is 0 Å². The summed E-state index contributed by atoms with van der Waals surface area (Å²) in [5, 5.41) is 9.30.